The highest BCUT2D eigenvalue weighted by Crippen LogP contribution is 2.27. The molecule has 0 aliphatic carbocycles. The first-order chi connectivity index (χ1) is 10.8. The Bertz CT molecular complexity index is 587. The molecular weight excluding hydrogens is 298 g/mol. The number of ether oxygens (including phenoxy) is 1. The van der Waals surface area contributed by atoms with Crippen LogP contribution < -0.4 is 4.74 Å². The van der Waals surface area contributed by atoms with Crippen molar-refractivity contribution in [3.63, 3.8) is 0 Å². The van der Waals surface area contributed by atoms with Crippen LogP contribution in [0.25, 0.3) is 0 Å². The van der Waals surface area contributed by atoms with Crippen molar-refractivity contribution in [2.45, 2.75) is 33.4 Å². The quantitative estimate of drug-likeness (QED) is 0.808. The van der Waals surface area contributed by atoms with Gasteiger partial charge in [-0.25, -0.2) is 4.98 Å². The lowest BCUT2D eigenvalue weighted by Crippen LogP contribution is -2.31. The molecule has 118 valence electrons. The number of hydrogen-bond donors (Lipinski definition) is 0. The molecule has 5 heteroatoms. The van der Waals surface area contributed by atoms with Gasteiger partial charge in [0.05, 0.1) is 12.8 Å². The highest BCUT2D eigenvalue weighted by atomic mass is 35.5. The standard InChI is InChI=1S/C15H16ClN3O.C2H6/c1-20-14-12-10-19(9-11-5-3-2-4-6-11)8-7-13(12)17-15(16)18-14;1-2/h2-6H,7-10H2,1H3;1-2H3. The molecule has 1 aliphatic heterocycles. The predicted molar refractivity (Wildman–Crippen MR) is 89.2 cm³/mol. The summed E-state index contributed by atoms with van der Waals surface area (Å²) in [6, 6.07) is 10.5. The molecule has 1 aromatic carbocycles. The molecule has 2 aromatic rings. The van der Waals surface area contributed by atoms with Gasteiger partial charge in [-0.05, 0) is 17.2 Å². The third-order valence-corrected chi connectivity index (χ3v) is 3.69. The van der Waals surface area contributed by atoms with Crippen LogP contribution in [0.1, 0.15) is 30.7 Å². The molecule has 0 amide bonds. The van der Waals surface area contributed by atoms with E-state index in [0.29, 0.717) is 5.88 Å². The van der Waals surface area contributed by atoms with Crippen LogP contribution in [-0.2, 0) is 19.5 Å². The SMILES string of the molecule is CC.COc1nc(Cl)nc2c1CN(Cc1ccccc1)CC2. The number of halogens is 1. The smallest absolute Gasteiger partial charge is 0.225 e. The lowest BCUT2D eigenvalue weighted by molar-refractivity contribution is 0.236. The van der Waals surface area contributed by atoms with Crippen molar-refractivity contribution in [2.75, 3.05) is 13.7 Å². The van der Waals surface area contributed by atoms with Crippen LogP contribution in [0.15, 0.2) is 30.3 Å². The van der Waals surface area contributed by atoms with E-state index in [1.54, 1.807) is 7.11 Å². The molecular formula is C17H22ClN3O. The second-order valence-electron chi connectivity index (χ2n) is 4.87. The summed E-state index contributed by atoms with van der Waals surface area (Å²) in [5.41, 5.74) is 3.37. The molecule has 0 spiro atoms. The lowest BCUT2D eigenvalue weighted by atomic mass is 10.1. The van der Waals surface area contributed by atoms with E-state index in [-0.39, 0.29) is 5.28 Å². The summed E-state index contributed by atoms with van der Waals surface area (Å²) in [5, 5.41) is 0.261. The minimum atomic E-state index is 0.261. The van der Waals surface area contributed by atoms with Crippen LogP contribution in [0.4, 0.5) is 0 Å². The Morgan fingerprint density at radius 1 is 1.18 bits per heavy atom. The van der Waals surface area contributed by atoms with Crippen LogP contribution in [-0.4, -0.2) is 28.5 Å². The van der Waals surface area contributed by atoms with Crippen LogP contribution in [0, 0.1) is 0 Å². The van der Waals surface area contributed by atoms with Crippen molar-refractivity contribution in [3.05, 3.63) is 52.4 Å². The first-order valence-corrected chi connectivity index (χ1v) is 7.99. The number of hydrogen-bond acceptors (Lipinski definition) is 4. The third-order valence-electron chi connectivity index (χ3n) is 3.52. The highest BCUT2D eigenvalue weighted by Gasteiger charge is 2.22. The largest absolute Gasteiger partial charge is 0.481 e. The molecule has 0 saturated heterocycles. The molecule has 0 fully saturated rings. The lowest BCUT2D eigenvalue weighted by Gasteiger charge is -2.28. The Morgan fingerprint density at radius 3 is 2.59 bits per heavy atom. The molecule has 1 aromatic heterocycles. The van der Waals surface area contributed by atoms with Gasteiger partial charge in [0.2, 0.25) is 11.2 Å². The molecule has 0 N–H and O–H groups in total. The highest BCUT2D eigenvalue weighted by molar-refractivity contribution is 6.28. The van der Waals surface area contributed by atoms with E-state index in [4.69, 9.17) is 16.3 Å². The number of aromatic nitrogens is 2. The summed E-state index contributed by atoms with van der Waals surface area (Å²) in [7, 11) is 1.62. The number of methoxy groups -OCH3 is 1. The van der Waals surface area contributed by atoms with Gasteiger partial charge >= 0.3 is 0 Å². The average Bonchev–Trinajstić information content (AvgIpc) is 2.57. The summed E-state index contributed by atoms with van der Waals surface area (Å²) >= 11 is 5.91. The van der Waals surface area contributed by atoms with E-state index in [1.165, 1.54) is 5.56 Å². The second kappa shape index (κ2) is 8.11. The van der Waals surface area contributed by atoms with Gasteiger partial charge in [-0.2, -0.15) is 4.98 Å². The molecule has 22 heavy (non-hydrogen) atoms. The Morgan fingerprint density at radius 2 is 1.91 bits per heavy atom. The Labute approximate surface area is 137 Å². The van der Waals surface area contributed by atoms with Gasteiger partial charge in [0.25, 0.3) is 0 Å². The van der Waals surface area contributed by atoms with E-state index < -0.39 is 0 Å². The van der Waals surface area contributed by atoms with Crippen molar-refractivity contribution in [1.29, 1.82) is 0 Å². The van der Waals surface area contributed by atoms with Crippen LogP contribution in [0.3, 0.4) is 0 Å². The van der Waals surface area contributed by atoms with Gasteiger partial charge in [-0.15, -0.1) is 0 Å². The van der Waals surface area contributed by atoms with E-state index in [0.717, 1.165) is 37.3 Å². The number of nitrogens with zero attached hydrogens (tertiary/aromatic N) is 3. The fourth-order valence-electron chi connectivity index (χ4n) is 2.56. The topological polar surface area (TPSA) is 38.3 Å². The van der Waals surface area contributed by atoms with Gasteiger partial charge in [0.15, 0.2) is 0 Å². The molecule has 3 rings (SSSR count). The summed E-state index contributed by atoms with van der Waals surface area (Å²) in [5.74, 6) is 0.595. The average molecular weight is 320 g/mol. The van der Waals surface area contributed by atoms with E-state index >= 15 is 0 Å². The van der Waals surface area contributed by atoms with Crippen molar-refractivity contribution >= 4 is 11.6 Å². The maximum Gasteiger partial charge on any atom is 0.225 e. The van der Waals surface area contributed by atoms with Gasteiger partial charge in [-0.1, -0.05) is 44.2 Å². The third kappa shape index (κ3) is 3.96. The monoisotopic (exact) mass is 319 g/mol. The van der Waals surface area contributed by atoms with Crippen LogP contribution in [0.2, 0.25) is 5.28 Å². The summed E-state index contributed by atoms with van der Waals surface area (Å²) in [6.07, 6.45) is 0.876. The minimum absolute atomic E-state index is 0.261. The Hall–Kier alpha value is -1.65. The van der Waals surface area contributed by atoms with E-state index in [9.17, 15) is 0 Å². The van der Waals surface area contributed by atoms with Crippen molar-refractivity contribution in [2.24, 2.45) is 0 Å². The molecule has 0 bridgehead atoms. The van der Waals surface area contributed by atoms with Crippen molar-refractivity contribution in [3.8, 4) is 5.88 Å². The van der Waals surface area contributed by atoms with E-state index in [1.807, 2.05) is 19.9 Å². The summed E-state index contributed by atoms with van der Waals surface area (Å²) < 4.78 is 5.33. The minimum Gasteiger partial charge on any atom is -0.481 e. The molecule has 0 atom stereocenters. The zero-order valence-electron chi connectivity index (χ0n) is 13.3. The maximum absolute atomic E-state index is 5.91. The summed E-state index contributed by atoms with van der Waals surface area (Å²) in [6.45, 7) is 6.69. The molecule has 4 nitrogen and oxygen atoms in total. The van der Waals surface area contributed by atoms with Gasteiger partial charge in [-0.3, -0.25) is 4.90 Å². The van der Waals surface area contributed by atoms with E-state index in [2.05, 4.69) is 39.1 Å². The zero-order chi connectivity index (χ0) is 15.9. The molecule has 0 unspecified atom stereocenters. The number of benzene rings is 1. The van der Waals surface area contributed by atoms with Crippen LogP contribution in [0.5, 0.6) is 5.88 Å². The Balaban J connectivity index is 0.000000847. The molecule has 0 saturated carbocycles. The maximum atomic E-state index is 5.91. The van der Waals surface area contributed by atoms with Crippen LogP contribution >= 0.6 is 11.6 Å². The van der Waals surface area contributed by atoms with Gasteiger partial charge < -0.3 is 4.74 Å². The molecule has 2 heterocycles. The van der Waals surface area contributed by atoms with Gasteiger partial charge in [0, 0.05) is 31.6 Å². The number of rotatable bonds is 3. The van der Waals surface area contributed by atoms with Crippen molar-refractivity contribution in [1.82, 2.24) is 14.9 Å². The number of fused-ring (bicyclic) bond motifs is 1. The first-order valence-electron chi connectivity index (χ1n) is 7.62. The molecule has 0 radical (unpaired) electrons. The Kier molecular flexibility index (Phi) is 6.16. The molecule has 1 aliphatic rings. The zero-order valence-corrected chi connectivity index (χ0v) is 14.1. The fourth-order valence-corrected chi connectivity index (χ4v) is 2.74. The second-order valence-corrected chi connectivity index (χ2v) is 5.21. The predicted octanol–water partition coefficient (Wildman–Crippen LogP) is 3.72. The fraction of sp³-hybridized carbons (Fsp3) is 0.412. The van der Waals surface area contributed by atoms with Gasteiger partial charge in [0.1, 0.15) is 0 Å². The van der Waals surface area contributed by atoms with Crippen molar-refractivity contribution < 1.29 is 4.74 Å². The first kappa shape index (κ1) is 16.7. The normalized spacial score (nSPS) is 13.8. The summed E-state index contributed by atoms with van der Waals surface area (Å²) in [4.78, 5) is 10.8.